The van der Waals surface area contributed by atoms with E-state index in [2.05, 4.69) is 10.2 Å². The number of fused-ring (bicyclic) bond motifs is 1. The van der Waals surface area contributed by atoms with E-state index in [0.717, 1.165) is 16.7 Å². The molecule has 3 unspecified atom stereocenters. The highest BCUT2D eigenvalue weighted by Crippen LogP contribution is 2.24. The van der Waals surface area contributed by atoms with Crippen LogP contribution in [0.15, 0.2) is 54.6 Å². The molecule has 0 bridgehead atoms. The fraction of sp³-hybridized carbons (Fsp3) is 0.464. The predicted molar refractivity (Wildman–Crippen MR) is 149 cm³/mol. The van der Waals surface area contributed by atoms with Gasteiger partial charge in [0, 0.05) is 24.5 Å². The maximum atomic E-state index is 13.5. The van der Waals surface area contributed by atoms with Crippen molar-refractivity contribution in [2.24, 2.45) is 0 Å². The molecular weight excluding hydrogens is 538 g/mol. The fourth-order valence-corrected chi connectivity index (χ4v) is 5.19. The Morgan fingerprint density at radius 3 is 2.48 bits per heavy atom. The van der Waals surface area contributed by atoms with Gasteiger partial charge in [0.1, 0.15) is 19.3 Å². The van der Waals surface area contributed by atoms with Gasteiger partial charge in [0.05, 0.1) is 18.7 Å². The summed E-state index contributed by atoms with van der Waals surface area (Å²) in [5, 5.41) is 22.3. The monoisotopic (exact) mass is 573 g/mol. The van der Waals surface area contributed by atoms with Gasteiger partial charge in [0.15, 0.2) is 5.78 Å². The summed E-state index contributed by atoms with van der Waals surface area (Å²) >= 11 is 1.41. The van der Waals surface area contributed by atoms with Gasteiger partial charge in [-0.3, -0.25) is 14.9 Å². The van der Waals surface area contributed by atoms with Crippen molar-refractivity contribution in [1.29, 1.82) is 0 Å². The molecule has 0 saturated heterocycles. The number of rotatable bonds is 17. The molecule has 0 saturated carbocycles. The molecule has 216 valence electrons. The average Bonchev–Trinajstić information content (AvgIpc) is 2.95. The molecule has 1 heterocycles. The van der Waals surface area contributed by atoms with Crippen molar-refractivity contribution in [2.45, 2.75) is 50.9 Å². The quantitative estimate of drug-likeness (QED) is 0.164. The van der Waals surface area contributed by atoms with Gasteiger partial charge < -0.3 is 19.6 Å². The maximum Gasteiger partial charge on any atom is 0.326 e. The number of amides is 1. The summed E-state index contributed by atoms with van der Waals surface area (Å²) in [5.41, 5.74) is 2.87. The number of nitrogens with zero attached hydrogens (tertiary/aromatic N) is 2. The second-order valence-corrected chi connectivity index (χ2v) is 10.7. The van der Waals surface area contributed by atoms with Crippen LogP contribution in [0.3, 0.4) is 0 Å². The normalized spacial score (nSPS) is 16.0. The van der Waals surface area contributed by atoms with Crippen LogP contribution in [0.1, 0.15) is 30.0 Å². The van der Waals surface area contributed by atoms with Gasteiger partial charge in [0.2, 0.25) is 5.91 Å². The number of hydrogen-bond donors (Lipinski definition) is 2. The Bertz CT molecular complexity index is 1150. The molecule has 11 nitrogen and oxygen atoms in total. The molecule has 2 aromatic rings. The number of carboxylic acids is 1. The zero-order chi connectivity index (χ0) is 28.9. The Kier molecular flexibility index (Phi) is 12.4. The number of aryl methyl sites for hydroxylation is 1. The number of ether oxygens (including phenoxy) is 1. The number of thioether (sulfide) groups is 1. The van der Waals surface area contributed by atoms with E-state index >= 15 is 0 Å². The van der Waals surface area contributed by atoms with Crippen LogP contribution in [0.25, 0.3) is 0 Å². The number of nitrogens with one attached hydrogen (secondary N) is 1. The summed E-state index contributed by atoms with van der Waals surface area (Å²) < 4.78 is 5.54. The molecule has 12 heteroatoms. The molecule has 0 spiro atoms. The van der Waals surface area contributed by atoms with Gasteiger partial charge in [-0.2, -0.15) is 11.8 Å². The minimum absolute atomic E-state index is 0.0146. The Morgan fingerprint density at radius 1 is 1.10 bits per heavy atom. The molecular formula is C28H35N3O8S. The van der Waals surface area contributed by atoms with Gasteiger partial charge in [-0.15, -0.1) is 10.1 Å². The van der Waals surface area contributed by atoms with E-state index < -0.39 is 29.2 Å². The lowest BCUT2D eigenvalue weighted by Crippen LogP contribution is -2.56. The van der Waals surface area contributed by atoms with Crippen LogP contribution in [0.5, 0.6) is 0 Å². The third-order valence-electron chi connectivity index (χ3n) is 6.63. The summed E-state index contributed by atoms with van der Waals surface area (Å²) in [6.07, 6.45) is 1.26. The number of carbonyl (C=O) groups excluding carboxylic acids is 2. The van der Waals surface area contributed by atoms with Crippen LogP contribution in [-0.2, 0) is 43.3 Å². The van der Waals surface area contributed by atoms with Crippen molar-refractivity contribution in [3.8, 4) is 0 Å². The molecule has 2 aromatic carbocycles. The Labute approximate surface area is 237 Å². The lowest BCUT2D eigenvalue weighted by atomic mass is 9.93. The second-order valence-electron chi connectivity index (χ2n) is 9.45. The van der Waals surface area contributed by atoms with Crippen LogP contribution in [-0.4, -0.2) is 82.2 Å². The molecule has 3 atom stereocenters. The summed E-state index contributed by atoms with van der Waals surface area (Å²) in [6.45, 7) is 1.94. The number of carboxylic acid groups (broad SMARTS) is 1. The van der Waals surface area contributed by atoms with Crippen molar-refractivity contribution in [3.63, 3.8) is 0 Å². The van der Waals surface area contributed by atoms with E-state index in [4.69, 9.17) is 4.74 Å². The molecule has 1 aliphatic rings. The first-order valence-electron chi connectivity index (χ1n) is 13.1. The van der Waals surface area contributed by atoms with E-state index in [1.54, 1.807) is 6.92 Å². The highest BCUT2D eigenvalue weighted by atomic mass is 32.2. The largest absolute Gasteiger partial charge is 0.480 e. The lowest BCUT2D eigenvalue weighted by Gasteiger charge is -2.36. The van der Waals surface area contributed by atoms with Crippen molar-refractivity contribution in [1.82, 2.24) is 10.2 Å². The minimum atomic E-state index is -1.07. The highest BCUT2D eigenvalue weighted by Gasteiger charge is 2.37. The third-order valence-corrected chi connectivity index (χ3v) is 7.54. The standard InChI is InChI=1S/C28H35N3O8S/c1-20(27(33)30-18-23-10-6-5-9-22(23)17-25(30)28(34)35)29-24(12-11-21-7-3-2-4-8-21)26(32)19-38-13-15-40-16-14-39-31(36)37/h2-10,20,24-25,29H,11-19H2,1H3,(H,34,35). The predicted octanol–water partition coefficient (Wildman–Crippen LogP) is 2.53. The lowest BCUT2D eigenvalue weighted by molar-refractivity contribution is -0.756. The topological polar surface area (TPSA) is 148 Å². The van der Waals surface area contributed by atoms with Gasteiger partial charge in [-0.25, -0.2) is 4.79 Å². The Balaban J connectivity index is 1.59. The molecule has 40 heavy (non-hydrogen) atoms. The zero-order valence-corrected chi connectivity index (χ0v) is 23.2. The van der Waals surface area contributed by atoms with Gasteiger partial charge in [-0.1, -0.05) is 54.6 Å². The number of benzene rings is 2. The van der Waals surface area contributed by atoms with Crippen molar-refractivity contribution in [2.75, 3.05) is 31.3 Å². The van der Waals surface area contributed by atoms with E-state index in [9.17, 15) is 29.6 Å². The summed E-state index contributed by atoms with van der Waals surface area (Å²) in [4.78, 5) is 54.5. The number of hydrogen-bond acceptors (Lipinski definition) is 9. The molecule has 1 aliphatic heterocycles. The number of ketones is 1. The van der Waals surface area contributed by atoms with E-state index in [1.807, 2.05) is 54.6 Å². The molecule has 0 aliphatic carbocycles. The third kappa shape index (κ3) is 9.61. The van der Waals surface area contributed by atoms with E-state index in [0.29, 0.717) is 24.3 Å². The number of carbonyl (C=O) groups is 3. The van der Waals surface area contributed by atoms with Crippen molar-refractivity contribution in [3.05, 3.63) is 81.4 Å². The Hall–Kier alpha value is -3.48. The summed E-state index contributed by atoms with van der Waals surface area (Å²) in [6, 6.07) is 14.7. The van der Waals surface area contributed by atoms with Gasteiger partial charge in [0.25, 0.3) is 5.09 Å². The molecule has 0 radical (unpaired) electrons. The smallest absolute Gasteiger partial charge is 0.326 e. The molecule has 2 N–H and O–H groups in total. The Morgan fingerprint density at radius 2 is 1.77 bits per heavy atom. The fourth-order valence-electron chi connectivity index (χ4n) is 4.55. The first-order valence-corrected chi connectivity index (χ1v) is 14.3. The van der Waals surface area contributed by atoms with Crippen LogP contribution in [0, 0.1) is 10.1 Å². The zero-order valence-electron chi connectivity index (χ0n) is 22.4. The SMILES string of the molecule is CC(NC(CCc1ccccc1)C(=O)COCCSCCO[N+](=O)[O-])C(=O)N1Cc2ccccc2CC1C(=O)O. The first-order chi connectivity index (χ1) is 19.3. The van der Waals surface area contributed by atoms with Crippen LogP contribution >= 0.6 is 11.8 Å². The second kappa shape index (κ2) is 15.9. The molecule has 1 amide bonds. The van der Waals surface area contributed by atoms with Crippen LogP contribution in [0.2, 0.25) is 0 Å². The summed E-state index contributed by atoms with van der Waals surface area (Å²) in [5.74, 6) is -0.691. The molecule has 0 aromatic heterocycles. The van der Waals surface area contributed by atoms with Crippen LogP contribution < -0.4 is 5.32 Å². The first kappa shape index (κ1) is 31.1. The van der Waals surface area contributed by atoms with Gasteiger partial charge in [-0.05, 0) is 36.5 Å². The highest BCUT2D eigenvalue weighted by molar-refractivity contribution is 7.99. The summed E-state index contributed by atoms with van der Waals surface area (Å²) in [7, 11) is 0. The molecule has 0 fully saturated rings. The number of Topliss-reactive ketones (excluding diaryl/α,β-unsaturated/α-hetero) is 1. The number of aliphatic carboxylic acids is 1. The van der Waals surface area contributed by atoms with E-state index in [1.165, 1.54) is 16.7 Å². The van der Waals surface area contributed by atoms with Crippen LogP contribution in [0.4, 0.5) is 0 Å². The van der Waals surface area contributed by atoms with Crippen molar-refractivity contribution < 1.29 is 34.2 Å². The average molecular weight is 574 g/mol. The van der Waals surface area contributed by atoms with Gasteiger partial charge >= 0.3 is 5.97 Å². The minimum Gasteiger partial charge on any atom is -0.480 e. The molecule has 3 rings (SSSR count). The van der Waals surface area contributed by atoms with E-state index in [-0.39, 0.29) is 44.5 Å². The van der Waals surface area contributed by atoms with Crippen molar-refractivity contribution >= 4 is 29.4 Å². The maximum absolute atomic E-state index is 13.5.